The number of nitrogens with two attached hydrogens (primary N) is 1. The first kappa shape index (κ1) is 16.9. The third kappa shape index (κ3) is 3.07. The molecular formula is C20H17N5O2. The van der Waals surface area contributed by atoms with E-state index in [1.54, 1.807) is 13.2 Å². The Hall–Kier alpha value is -3.50. The molecule has 0 radical (unpaired) electrons. The number of nitrogens with zero attached hydrogens (tertiary/aromatic N) is 4. The first-order chi connectivity index (χ1) is 13.0. The molecule has 4 rings (SSSR count). The lowest BCUT2D eigenvalue weighted by Gasteiger charge is -2.13. The van der Waals surface area contributed by atoms with Crippen LogP contribution in [0.1, 0.15) is 12.0 Å². The summed E-state index contributed by atoms with van der Waals surface area (Å²) in [5, 5.41) is 11.2. The second-order valence-electron chi connectivity index (χ2n) is 6.51. The van der Waals surface area contributed by atoms with Gasteiger partial charge in [-0.15, -0.1) is 0 Å². The van der Waals surface area contributed by atoms with Crippen molar-refractivity contribution >= 4 is 22.6 Å². The van der Waals surface area contributed by atoms with Crippen molar-refractivity contribution in [3.05, 3.63) is 48.4 Å². The van der Waals surface area contributed by atoms with Gasteiger partial charge in [0, 0.05) is 36.5 Å². The van der Waals surface area contributed by atoms with Crippen LogP contribution < -0.4 is 5.73 Å². The second-order valence-corrected chi connectivity index (χ2v) is 6.51. The van der Waals surface area contributed by atoms with Gasteiger partial charge >= 0.3 is 0 Å². The number of anilines is 1. The van der Waals surface area contributed by atoms with E-state index >= 15 is 0 Å². The van der Waals surface area contributed by atoms with Gasteiger partial charge in [0.05, 0.1) is 17.4 Å². The average molecular weight is 359 g/mol. The van der Waals surface area contributed by atoms with Crippen LogP contribution in [-0.2, 0) is 4.79 Å². The molecule has 1 aromatic carbocycles. The van der Waals surface area contributed by atoms with Crippen LogP contribution in [0.5, 0.6) is 0 Å². The Balaban J connectivity index is 1.69. The molecule has 134 valence electrons. The van der Waals surface area contributed by atoms with Crippen LogP contribution >= 0.6 is 0 Å². The molecule has 1 fully saturated rings. The molecular weight excluding hydrogens is 342 g/mol. The Morgan fingerprint density at radius 1 is 1.26 bits per heavy atom. The molecule has 1 saturated heterocycles. The molecule has 27 heavy (non-hydrogen) atoms. The molecule has 0 saturated carbocycles. The van der Waals surface area contributed by atoms with Crippen molar-refractivity contribution in [3.63, 3.8) is 0 Å². The molecule has 0 unspecified atom stereocenters. The number of fused-ring (bicyclic) bond motifs is 1. The number of hydrogen-bond donors (Lipinski definition) is 2. The van der Waals surface area contributed by atoms with Crippen molar-refractivity contribution < 1.29 is 9.90 Å². The number of likely N-dealkylation sites (N-methyl/N-ethyl adjacent to an activating group) is 1. The summed E-state index contributed by atoms with van der Waals surface area (Å²) in [5.74, 6) is 5.67. The average Bonchev–Trinajstić information content (AvgIpc) is 2.95. The minimum atomic E-state index is -1.61. The molecule has 0 bridgehead atoms. The first-order valence-electron chi connectivity index (χ1n) is 8.44. The van der Waals surface area contributed by atoms with Gasteiger partial charge in [-0.2, -0.15) is 0 Å². The molecule has 0 spiro atoms. The van der Waals surface area contributed by atoms with Crippen LogP contribution in [0.15, 0.2) is 42.9 Å². The first-order valence-corrected chi connectivity index (χ1v) is 8.44. The number of hydrogen-bond acceptors (Lipinski definition) is 6. The number of pyridine rings is 1. The summed E-state index contributed by atoms with van der Waals surface area (Å²) in [6.07, 6.45) is 3.36. The lowest BCUT2D eigenvalue weighted by molar-refractivity contribution is -0.137. The predicted octanol–water partition coefficient (Wildman–Crippen LogP) is 1.22. The van der Waals surface area contributed by atoms with Gasteiger partial charge < -0.3 is 15.7 Å². The molecule has 0 aliphatic carbocycles. The molecule has 3 heterocycles. The van der Waals surface area contributed by atoms with E-state index in [0.29, 0.717) is 35.6 Å². The highest BCUT2D eigenvalue weighted by atomic mass is 16.3. The summed E-state index contributed by atoms with van der Waals surface area (Å²) in [6, 6.07) is 9.26. The Bertz CT molecular complexity index is 1120. The summed E-state index contributed by atoms with van der Waals surface area (Å²) >= 11 is 0. The monoisotopic (exact) mass is 359 g/mol. The van der Waals surface area contributed by atoms with Gasteiger partial charge in [-0.1, -0.05) is 24.0 Å². The summed E-state index contributed by atoms with van der Waals surface area (Å²) in [7, 11) is 1.66. The summed E-state index contributed by atoms with van der Waals surface area (Å²) in [4.78, 5) is 26.1. The van der Waals surface area contributed by atoms with Gasteiger partial charge in [-0.05, 0) is 18.2 Å². The lowest BCUT2D eigenvalue weighted by Crippen LogP contribution is -2.37. The number of carbonyl (C=O) groups excluding carboxylic acids is 1. The van der Waals surface area contributed by atoms with Crippen molar-refractivity contribution in [2.45, 2.75) is 12.0 Å². The van der Waals surface area contributed by atoms with Gasteiger partial charge in [-0.25, -0.2) is 9.97 Å². The van der Waals surface area contributed by atoms with Crippen molar-refractivity contribution in [1.29, 1.82) is 0 Å². The molecule has 3 N–H and O–H groups in total. The van der Waals surface area contributed by atoms with Crippen LogP contribution in [-0.4, -0.2) is 50.1 Å². The number of aliphatic hydroxyl groups is 1. The topological polar surface area (TPSA) is 105 Å². The maximum atomic E-state index is 12.0. The normalized spacial score (nSPS) is 19.2. The van der Waals surface area contributed by atoms with E-state index in [-0.39, 0.29) is 5.91 Å². The van der Waals surface area contributed by atoms with Gasteiger partial charge in [-0.3, -0.25) is 9.78 Å². The maximum absolute atomic E-state index is 12.0. The Labute approximate surface area is 155 Å². The molecule has 3 aromatic rings. The van der Waals surface area contributed by atoms with Crippen LogP contribution in [0.3, 0.4) is 0 Å². The Morgan fingerprint density at radius 2 is 2.11 bits per heavy atom. The highest BCUT2D eigenvalue weighted by Crippen LogP contribution is 2.24. The molecule has 2 aromatic heterocycles. The van der Waals surface area contributed by atoms with Gasteiger partial charge in [0.1, 0.15) is 12.1 Å². The van der Waals surface area contributed by atoms with Crippen LogP contribution in [0, 0.1) is 11.8 Å². The predicted molar refractivity (Wildman–Crippen MR) is 101 cm³/mol. The zero-order valence-electron chi connectivity index (χ0n) is 14.7. The SMILES string of the molecule is CN1CC[C@@](O)(C#Cc2cccc(-c3cc4c(N)ncnc4cn3)c2)C1=O. The Morgan fingerprint density at radius 3 is 2.89 bits per heavy atom. The summed E-state index contributed by atoms with van der Waals surface area (Å²) in [5.41, 5.74) is 7.22. The standard InChI is InChI=1S/C20H17N5O2/c1-25-8-7-20(27,19(25)26)6-5-13-3-2-4-14(9-13)16-10-15-17(11-22-16)23-12-24-18(15)21/h2-4,9-12,27H,7-8H2,1H3,(H2,21,23,24)/t20-/m0/s1. The minimum Gasteiger partial charge on any atom is -0.383 e. The van der Waals surface area contributed by atoms with E-state index in [4.69, 9.17) is 5.73 Å². The molecule has 1 aliphatic rings. The van der Waals surface area contributed by atoms with Gasteiger partial charge in [0.25, 0.3) is 5.91 Å². The quantitative estimate of drug-likeness (QED) is 0.633. The van der Waals surface area contributed by atoms with E-state index in [1.807, 2.05) is 30.3 Å². The van der Waals surface area contributed by atoms with Gasteiger partial charge in [0.2, 0.25) is 5.60 Å². The molecule has 1 aliphatic heterocycles. The third-order valence-corrected chi connectivity index (χ3v) is 4.63. The van der Waals surface area contributed by atoms with Crippen molar-refractivity contribution in [3.8, 4) is 23.1 Å². The highest BCUT2D eigenvalue weighted by Gasteiger charge is 2.42. The van der Waals surface area contributed by atoms with Crippen LogP contribution in [0.2, 0.25) is 0 Å². The zero-order chi connectivity index (χ0) is 19.0. The van der Waals surface area contributed by atoms with Crippen LogP contribution in [0.25, 0.3) is 22.2 Å². The van der Waals surface area contributed by atoms with Crippen molar-refractivity contribution in [2.24, 2.45) is 0 Å². The molecule has 1 atom stereocenters. The number of aromatic nitrogens is 3. The summed E-state index contributed by atoms with van der Waals surface area (Å²) in [6.45, 7) is 0.495. The van der Waals surface area contributed by atoms with Crippen LogP contribution in [0.4, 0.5) is 5.82 Å². The van der Waals surface area contributed by atoms with E-state index in [0.717, 1.165) is 10.9 Å². The number of carbonyl (C=O) groups is 1. The fourth-order valence-corrected chi connectivity index (χ4v) is 3.04. The smallest absolute Gasteiger partial charge is 0.267 e. The molecule has 7 heteroatoms. The van der Waals surface area contributed by atoms with Crippen molar-refractivity contribution in [1.82, 2.24) is 19.9 Å². The largest absolute Gasteiger partial charge is 0.383 e. The second kappa shape index (κ2) is 6.34. The number of nitrogen functional groups attached to an aromatic ring is 1. The number of amides is 1. The number of rotatable bonds is 1. The van der Waals surface area contributed by atoms with E-state index in [2.05, 4.69) is 26.8 Å². The highest BCUT2D eigenvalue weighted by molar-refractivity contribution is 5.91. The number of likely N-dealkylation sites (tertiary alicyclic amines) is 1. The van der Waals surface area contributed by atoms with E-state index in [9.17, 15) is 9.90 Å². The maximum Gasteiger partial charge on any atom is 0.267 e. The lowest BCUT2D eigenvalue weighted by atomic mass is 10.0. The molecule has 7 nitrogen and oxygen atoms in total. The van der Waals surface area contributed by atoms with Crippen molar-refractivity contribution in [2.75, 3.05) is 19.3 Å². The zero-order valence-corrected chi connectivity index (χ0v) is 14.7. The van der Waals surface area contributed by atoms with Gasteiger partial charge in [0.15, 0.2) is 0 Å². The minimum absolute atomic E-state index is 0.306. The van der Waals surface area contributed by atoms with E-state index < -0.39 is 5.60 Å². The van der Waals surface area contributed by atoms with E-state index in [1.165, 1.54) is 11.2 Å². The third-order valence-electron chi connectivity index (χ3n) is 4.63. The summed E-state index contributed by atoms with van der Waals surface area (Å²) < 4.78 is 0. The fourth-order valence-electron chi connectivity index (χ4n) is 3.04. The Kier molecular flexibility index (Phi) is 3.98. The fraction of sp³-hybridized carbons (Fsp3) is 0.200. The number of benzene rings is 1. The molecule has 1 amide bonds.